The zero-order valence-electron chi connectivity index (χ0n) is 28.8. The largest absolute Gasteiger partial charge is 0.508 e. The zero-order valence-corrected chi connectivity index (χ0v) is 28.8. The summed E-state index contributed by atoms with van der Waals surface area (Å²) < 4.78 is 5.75. The predicted octanol–water partition coefficient (Wildman–Crippen LogP) is 5.35. The number of hydrogen-bond acceptors (Lipinski definition) is 8. The maximum absolute atomic E-state index is 14.5. The van der Waals surface area contributed by atoms with Crippen LogP contribution in [0.2, 0.25) is 0 Å². The van der Waals surface area contributed by atoms with Crippen LogP contribution in [0.4, 0.5) is 4.79 Å². The van der Waals surface area contributed by atoms with Gasteiger partial charge < -0.3 is 24.7 Å². The van der Waals surface area contributed by atoms with Gasteiger partial charge in [-0.15, -0.1) is 0 Å². The van der Waals surface area contributed by atoms with Crippen molar-refractivity contribution in [3.05, 3.63) is 150 Å². The molecule has 4 heterocycles. The van der Waals surface area contributed by atoms with Crippen LogP contribution in [-0.4, -0.2) is 78.2 Å². The summed E-state index contributed by atoms with van der Waals surface area (Å²) in [6, 6.07) is 35.9. The van der Waals surface area contributed by atoms with Crippen LogP contribution in [0.5, 0.6) is 5.75 Å². The second-order valence-electron chi connectivity index (χ2n) is 13.2. The summed E-state index contributed by atoms with van der Waals surface area (Å²) in [4.78, 5) is 51.1. The molecular formula is C41H37N7O5. The first-order valence-electron chi connectivity index (χ1n) is 17.5. The lowest BCUT2D eigenvalue weighted by Gasteiger charge is -2.55. The Morgan fingerprint density at radius 1 is 0.849 bits per heavy atom. The third kappa shape index (κ3) is 7.04. The Balaban J connectivity index is 1.16. The van der Waals surface area contributed by atoms with E-state index in [-0.39, 0.29) is 56.7 Å². The average Bonchev–Trinajstić information content (AvgIpc) is 3.66. The maximum Gasteiger partial charge on any atom is 0.334 e. The van der Waals surface area contributed by atoms with Gasteiger partial charge in [0.15, 0.2) is 5.76 Å². The molecule has 0 radical (unpaired) electrons. The third-order valence-corrected chi connectivity index (χ3v) is 9.75. The molecule has 2 fully saturated rings. The van der Waals surface area contributed by atoms with Crippen LogP contribution in [0.15, 0.2) is 132 Å². The fraction of sp³-hybridized carbons (Fsp3) is 0.195. The van der Waals surface area contributed by atoms with Crippen LogP contribution in [0.3, 0.4) is 0 Å². The number of urea groups is 1. The van der Waals surface area contributed by atoms with Crippen LogP contribution >= 0.6 is 0 Å². The molecule has 2 atom stereocenters. The minimum absolute atomic E-state index is 0.0637. The first kappa shape index (κ1) is 33.6. The molecule has 0 aliphatic carbocycles. The molecule has 12 nitrogen and oxygen atoms in total. The first-order chi connectivity index (χ1) is 25.9. The zero-order chi connectivity index (χ0) is 36.3. The van der Waals surface area contributed by atoms with Gasteiger partial charge >= 0.3 is 6.03 Å². The number of hydrazine groups is 1. The lowest BCUT2D eigenvalue weighted by molar-refractivity contribution is -0.193. The van der Waals surface area contributed by atoms with Crippen LogP contribution in [0, 0.1) is 0 Å². The number of fused-ring (bicyclic) bond motifs is 2. The Bertz CT molecular complexity index is 2240. The van der Waals surface area contributed by atoms with Crippen molar-refractivity contribution in [1.29, 1.82) is 0 Å². The fourth-order valence-corrected chi connectivity index (χ4v) is 7.21. The minimum Gasteiger partial charge on any atom is -0.508 e. The molecule has 12 heteroatoms. The minimum atomic E-state index is -0.916. The molecule has 0 unspecified atom stereocenters. The second-order valence-corrected chi connectivity index (χ2v) is 13.2. The number of aromatic hydroxyl groups is 1. The van der Waals surface area contributed by atoms with Gasteiger partial charge in [-0.1, -0.05) is 96.2 Å². The van der Waals surface area contributed by atoms with Gasteiger partial charge in [0.25, 0.3) is 0 Å². The quantitative estimate of drug-likeness (QED) is 0.206. The van der Waals surface area contributed by atoms with E-state index in [4.69, 9.17) is 4.52 Å². The van der Waals surface area contributed by atoms with E-state index in [1.165, 1.54) is 0 Å². The Morgan fingerprint density at radius 2 is 1.62 bits per heavy atom. The molecule has 8 rings (SSSR count). The van der Waals surface area contributed by atoms with E-state index in [9.17, 15) is 19.5 Å². The summed E-state index contributed by atoms with van der Waals surface area (Å²) in [6.45, 7) is 0.474. The summed E-state index contributed by atoms with van der Waals surface area (Å²) in [5.41, 5.74) is 4.90. The number of piperazine rings is 1. The number of amides is 4. The van der Waals surface area contributed by atoms with Gasteiger partial charge in [0.1, 0.15) is 23.7 Å². The van der Waals surface area contributed by atoms with Gasteiger partial charge in [-0.05, 0) is 41.0 Å². The molecule has 4 amide bonds. The van der Waals surface area contributed by atoms with Crippen molar-refractivity contribution in [2.24, 2.45) is 0 Å². The van der Waals surface area contributed by atoms with Crippen molar-refractivity contribution in [3.8, 4) is 17.0 Å². The number of hydrogen-bond donors (Lipinski definition) is 2. The number of phenolic OH excluding ortho intramolecular Hbond substituents is 1. The number of nitrogens with zero attached hydrogens (tertiary/aromatic N) is 6. The molecule has 4 aromatic carbocycles. The summed E-state index contributed by atoms with van der Waals surface area (Å²) >= 11 is 0. The highest BCUT2D eigenvalue weighted by atomic mass is 16.5. The van der Waals surface area contributed by atoms with Crippen LogP contribution in [0.25, 0.3) is 22.2 Å². The molecule has 0 bridgehead atoms. The summed E-state index contributed by atoms with van der Waals surface area (Å²) in [5, 5.41) is 21.4. The van der Waals surface area contributed by atoms with Gasteiger partial charge in [0, 0.05) is 42.7 Å². The second kappa shape index (κ2) is 14.6. The molecule has 2 N–H and O–H groups in total. The van der Waals surface area contributed by atoms with Gasteiger partial charge in [0.05, 0.1) is 25.2 Å². The van der Waals surface area contributed by atoms with Gasteiger partial charge in [0.2, 0.25) is 11.8 Å². The van der Waals surface area contributed by atoms with E-state index in [2.05, 4.69) is 15.5 Å². The number of nitrogens with one attached hydrogen (secondary N) is 1. The number of phenols is 1. The summed E-state index contributed by atoms with van der Waals surface area (Å²) in [7, 11) is 0. The predicted molar refractivity (Wildman–Crippen MR) is 196 cm³/mol. The van der Waals surface area contributed by atoms with Crippen LogP contribution < -0.4 is 5.32 Å². The van der Waals surface area contributed by atoms with E-state index in [1.54, 1.807) is 50.3 Å². The normalized spacial score (nSPS) is 17.6. The number of carbonyl (C=O) groups excluding carboxylic acids is 3. The number of carbonyl (C=O) groups is 3. The van der Waals surface area contributed by atoms with E-state index < -0.39 is 18.2 Å². The Kier molecular flexibility index (Phi) is 9.26. The number of benzene rings is 4. The summed E-state index contributed by atoms with van der Waals surface area (Å²) in [6.07, 6.45) is 1.07. The molecule has 266 valence electrons. The van der Waals surface area contributed by atoms with Crippen LogP contribution in [0.1, 0.15) is 22.5 Å². The molecule has 0 saturated carbocycles. The Labute approximate surface area is 305 Å². The first-order valence-corrected chi connectivity index (χ1v) is 17.5. The van der Waals surface area contributed by atoms with Gasteiger partial charge in [-0.2, -0.15) is 5.01 Å². The number of rotatable bonds is 9. The third-order valence-electron chi connectivity index (χ3n) is 9.75. The van der Waals surface area contributed by atoms with E-state index in [0.717, 1.165) is 33.2 Å². The van der Waals surface area contributed by atoms with Crippen molar-refractivity contribution < 1.29 is 24.0 Å². The lowest BCUT2D eigenvalue weighted by atomic mass is 9.98. The fourth-order valence-electron chi connectivity index (χ4n) is 7.21. The highest BCUT2D eigenvalue weighted by molar-refractivity contribution is 5.92. The van der Waals surface area contributed by atoms with Crippen LogP contribution in [-0.2, 0) is 35.6 Å². The van der Waals surface area contributed by atoms with Crippen molar-refractivity contribution >= 4 is 28.7 Å². The number of pyridine rings is 1. The highest BCUT2D eigenvalue weighted by Gasteiger charge is 2.51. The van der Waals surface area contributed by atoms with Crippen molar-refractivity contribution in [1.82, 2.24) is 35.3 Å². The molecule has 6 aromatic rings. The molecule has 53 heavy (non-hydrogen) atoms. The molecule has 2 aliphatic heterocycles. The van der Waals surface area contributed by atoms with E-state index in [0.29, 0.717) is 11.5 Å². The highest BCUT2D eigenvalue weighted by Crippen LogP contribution is 2.32. The Morgan fingerprint density at radius 3 is 2.42 bits per heavy atom. The summed E-state index contributed by atoms with van der Waals surface area (Å²) in [5.74, 6) is 0.0422. The smallest absolute Gasteiger partial charge is 0.334 e. The maximum atomic E-state index is 14.5. The van der Waals surface area contributed by atoms with Crippen molar-refractivity contribution in [2.75, 3.05) is 13.1 Å². The Hall–Kier alpha value is -6.53. The van der Waals surface area contributed by atoms with E-state index in [1.807, 2.05) is 97.1 Å². The SMILES string of the molecule is O=C1[C@H](Cc2ccc(O)cc2)N2C(=O)CN(Cc3cc(-c4ccccc4)no3)N(C(=O)NCc3ccccc3)[C@H]2CN1Cc1cccc2ncccc12. The van der Waals surface area contributed by atoms with Crippen molar-refractivity contribution in [3.63, 3.8) is 0 Å². The van der Waals surface area contributed by atoms with Gasteiger partial charge in [-0.3, -0.25) is 14.6 Å². The molecule has 2 aromatic heterocycles. The lowest BCUT2D eigenvalue weighted by Crippen LogP contribution is -2.76. The molecule has 0 spiro atoms. The molecule has 2 saturated heterocycles. The average molecular weight is 708 g/mol. The monoisotopic (exact) mass is 707 g/mol. The van der Waals surface area contributed by atoms with Gasteiger partial charge in [-0.25, -0.2) is 9.80 Å². The molecule has 2 aliphatic rings. The number of aromatic nitrogens is 2. The topological polar surface area (TPSA) is 135 Å². The van der Waals surface area contributed by atoms with E-state index >= 15 is 0 Å². The molecular weight excluding hydrogens is 670 g/mol. The standard InChI is InChI=1S/C41H37N7O5/c49-32-18-16-28(17-19-32)21-37-40(51)45(24-31-13-7-15-35-34(31)14-8-20-42-35)26-38-47(37)39(50)27-46(48(38)41(52)43-23-29-9-3-1-4-10-29)25-33-22-36(44-53-33)30-11-5-2-6-12-30/h1-20,22,37-38,49H,21,23-27H2,(H,43,52)/t37-,38-/m0/s1. The van der Waals surface area contributed by atoms with Crippen molar-refractivity contribution in [2.45, 2.75) is 38.3 Å².